The number of carbonyl (C=O) groups is 1. The van der Waals surface area contributed by atoms with Gasteiger partial charge in [0, 0.05) is 11.2 Å². The van der Waals surface area contributed by atoms with E-state index in [4.69, 9.17) is 39.5 Å². The molecule has 0 aliphatic carbocycles. The number of ether oxygens (including phenoxy) is 1. The van der Waals surface area contributed by atoms with Crippen LogP contribution in [0.2, 0.25) is 15.2 Å². The highest BCUT2D eigenvalue weighted by atomic mass is 79.9. The van der Waals surface area contributed by atoms with E-state index in [2.05, 4.69) is 26.2 Å². The van der Waals surface area contributed by atoms with Gasteiger partial charge in [0.2, 0.25) is 0 Å². The Labute approximate surface area is 144 Å². The van der Waals surface area contributed by atoms with E-state index in [9.17, 15) is 4.79 Å². The third-order valence-corrected chi connectivity index (χ3v) is 3.84. The van der Waals surface area contributed by atoms with Crippen LogP contribution in [0.15, 0.2) is 28.9 Å². The van der Waals surface area contributed by atoms with Crippen molar-refractivity contribution in [3.63, 3.8) is 0 Å². The molecule has 0 spiro atoms. The number of carbonyl (C=O) groups excluding carboxylic acids is 1. The van der Waals surface area contributed by atoms with Crippen molar-refractivity contribution in [2.24, 2.45) is 0 Å². The van der Waals surface area contributed by atoms with Gasteiger partial charge in [0.05, 0.1) is 27.9 Å². The summed E-state index contributed by atoms with van der Waals surface area (Å²) in [6.45, 7) is 0. The average Bonchev–Trinajstić information content (AvgIpc) is 2.41. The van der Waals surface area contributed by atoms with E-state index in [1.807, 2.05) is 0 Å². The van der Waals surface area contributed by atoms with Gasteiger partial charge in [0.15, 0.2) is 5.75 Å². The van der Waals surface area contributed by atoms with Crippen LogP contribution in [0.4, 0.5) is 5.69 Å². The molecule has 4 nitrogen and oxygen atoms in total. The Bertz CT molecular complexity index is 710. The van der Waals surface area contributed by atoms with Crippen molar-refractivity contribution in [2.75, 3.05) is 12.4 Å². The average molecular weight is 410 g/mol. The number of halogens is 4. The number of hydrogen-bond donors (Lipinski definition) is 1. The van der Waals surface area contributed by atoms with Gasteiger partial charge >= 0.3 is 0 Å². The van der Waals surface area contributed by atoms with Gasteiger partial charge in [0.1, 0.15) is 5.15 Å². The Balaban J connectivity index is 2.38. The summed E-state index contributed by atoms with van der Waals surface area (Å²) in [6.07, 6.45) is 1.31. The largest absolute Gasteiger partial charge is 0.493 e. The van der Waals surface area contributed by atoms with E-state index in [1.54, 1.807) is 12.1 Å². The molecule has 1 aromatic heterocycles. The van der Waals surface area contributed by atoms with Crippen LogP contribution in [0.25, 0.3) is 0 Å². The van der Waals surface area contributed by atoms with E-state index >= 15 is 0 Å². The van der Waals surface area contributed by atoms with Crippen molar-refractivity contribution >= 4 is 62.3 Å². The lowest BCUT2D eigenvalue weighted by atomic mass is 10.2. The van der Waals surface area contributed by atoms with Crippen molar-refractivity contribution < 1.29 is 9.53 Å². The van der Waals surface area contributed by atoms with E-state index < -0.39 is 5.91 Å². The number of anilines is 1. The molecule has 0 radical (unpaired) electrons. The smallest absolute Gasteiger partial charge is 0.257 e. The summed E-state index contributed by atoms with van der Waals surface area (Å²) in [5, 5.41) is 3.48. The molecule has 0 aliphatic heterocycles. The summed E-state index contributed by atoms with van der Waals surface area (Å²) in [4.78, 5) is 16.1. The first-order valence-electron chi connectivity index (χ1n) is 5.57. The fraction of sp³-hybridized carbons (Fsp3) is 0.0769. The van der Waals surface area contributed by atoms with Gasteiger partial charge in [-0.1, -0.05) is 34.8 Å². The molecule has 8 heteroatoms. The first kappa shape index (κ1) is 16.4. The van der Waals surface area contributed by atoms with Gasteiger partial charge in [-0.15, -0.1) is 0 Å². The zero-order valence-corrected chi connectivity index (χ0v) is 14.4. The molecule has 21 heavy (non-hydrogen) atoms. The van der Waals surface area contributed by atoms with Crippen molar-refractivity contribution in [1.29, 1.82) is 0 Å². The Morgan fingerprint density at radius 1 is 1.29 bits per heavy atom. The van der Waals surface area contributed by atoms with Gasteiger partial charge in [-0.25, -0.2) is 4.98 Å². The second-order valence-corrected chi connectivity index (χ2v) is 5.99. The third kappa shape index (κ3) is 3.80. The molecule has 1 amide bonds. The second kappa shape index (κ2) is 6.83. The highest BCUT2D eigenvalue weighted by Crippen LogP contribution is 2.36. The standard InChI is InChI=1S/C13H8BrCl3N2O2/c1-21-12-8(14)2-6(15)3-10(12)19-13(20)7-4-11(17)18-5-9(7)16/h2-5H,1H3,(H,19,20). The number of benzene rings is 1. The molecule has 0 saturated carbocycles. The predicted molar refractivity (Wildman–Crippen MR) is 87.9 cm³/mol. The molecule has 0 atom stereocenters. The molecule has 110 valence electrons. The van der Waals surface area contributed by atoms with Crippen LogP contribution in [0, 0.1) is 0 Å². The molecular formula is C13H8BrCl3N2O2. The highest BCUT2D eigenvalue weighted by molar-refractivity contribution is 9.10. The Morgan fingerprint density at radius 2 is 2.00 bits per heavy atom. The summed E-state index contributed by atoms with van der Waals surface area (Å²) >= 11 is 21.0. The molecule has 1 heterocycles. The summed E-state index contributed by atoms with van der Waals surface area (Å²) in [7, 11) is 1.49. The molecular weight excluding hydrogens is 402 g/mol. The minimum absolute atomic E-state index is 0.170. The number of aromatic nitrogens is 1. The molecule has 1 N–H and O–H groups in total. The summed E-state index contributed by atoms with van der Waals surface area (Å²) < 4.78 is 5.85. The van der Waals surface area contributed by atoms with E-state index in [1.165, 1.54) is 19.4 Å². The van der Waals surface area contributed by atoms with Crippen LogP contribution >= 0.6 is 50.7 Å². The number of nitrogens with zero attached hydrogens (tertiary/aromatic N) is 1. The Morgan fingerprint density at radius 3 is 2.67 bits per heavy atom. The van der Waals surface area contributed by atoms with Gasteiger partial charge in [-0.3, -0.25) is 4.79 Å². The molecule has 0 saturated heterocycles. The monoisotopic (exact) mass is 408 g/mol. The van der Waals surface area contributed by atoms with Crippen LogP contribution < -0.4 is 10.1 Å². The molecule has 0 aliphatic rings. The number of amides is 1. The summed E-state index contributed by atoms with van der Waals surface area (Å²) in [5.41, 5.74) is 0.612. The van der Waals surface area contributed by atoms with Crippen molar-refractivity contribution in [1.82, 2.24) is 4.98 Å². The number of rotatable bonds is 3. The lowest BCUT2D eigenvalue weighted by Gasteiger charge is -2.13. The van der Waals surface area contributed by atoms with Gasteiger partial charge in [-0.2, -0.15) is 0 Å². The molecule has 1 aromatic carbocycles. The second-order valence-electron chi connectivity index (χ2n) is 3.91. The lowest BCUT2D eigenvalue weighted by Crippen LogP contribution is -2.13. The van der Waals surface area contributed by atoms with Crippen LogP contribution in [0.1, 0.15) is 10.4 Å². The lowest BCUT2D eigenvalue weighted by molar-refractivity contribution is 0.102. The number of methoxy groups -OCH3 is 1. The van der Waals surface area contributed by atoms with Crippen LogP contribution in [0.3, 0.4) is 0 Å². The first-order valence-corrected chi connectivity index (χ1v) is 7.50. The zero-order chi connectivity index (χ0) is 15.6. The SMILES string of the molecule is COc1c(Br)cc(Cl)cc1NC(=O)c1cc(Cl)ncc1Cl. The maximum absolute atomic E-state index is 12.3. The van der Waals surface area contributed by atoms with E-state index in [-0.39, 0.29) is 15.7 Å². The van der Waals surface area contributed by atoms with Gasteiger partial charge in [0.25, 0.3) is 5.91 Å². The first-order chi connectivity index (χ1) is 9.92. The number of hydrogen-bond acceptors (Lipinski definition) is 3. The van der Waals surface area contributed by atoms with Gasteiger partial charge < -0.3 is 10.1 Å². The maximum atomic E-state index is 12.3. The minimum Gasteiger partial charge on any atom is -0.493 e. The highest BCUT2D eigenvalue weighted by Gasteiger charge is 2.16. The molecule has 2 rings (SSSR count). The summed E-state index contributed by atoms with van der Waals surface area (Å²) in [5.74, 6) is 0.000733. The number of nitrogens with one attached hydrogen (secondary N) is 1. The third-order valence-electron chi connectivity index (χ3n) is 2.53. The van der Waals surface area contributed by atoms with E-state index in [0.29, 0.717) is 20.9 Å². The Kier molecular flexibility index (Phi) is 5.32. The van der Waals surface area contributed by atoms with Crippen molar-refractivity contribution in [3.05, 3.63) is 49.6 Å². The normalized spacial score (nSPS) is 10.3. The van der Waals surface area contributed by atoms with Gasteiger partial charge in [-0.05, 0) is 34.1 Å². The fourth-order valence-electron chi connectivity index (χ4n) is 1.64. The van der Waals surface area contributed by atoms with E-state index in [0.717, 1.165) is 0 Å². The predicted octanol–water partition coefficient (Wildman–Crippen LogP) is 5.07. The number of pyridine rings is 1. The fourth-order valence-corrected chi connectivity index (χ4v) is 2.96. The van der Waals surface area contributed by atoms with Crippen molar-refractivity contribution in [3.8, 4) is 5.75 Å². The van der Waals surface area contributed by atoms with Crippen molar-refractivity contribution in [2.45, 2.75) is 0 Å². The Hall–Kier alpha value is -1.01. The molecule has 0 bridgehead atoms. The summed E-state index contributed by atoms with van der Waals surface area (Å²) in [6, 6.07) is 4.61. The molecule has 0 fully saturated rings. The topological polar surface area (TPSA) is 51.2 Å². The molecule has 0 unspecified atom stereocenters. The maximum Gasteiger partial charge on any atom is 0.257 e. The van der Waals surface area contributed by atoms with Crippen LogP contribution in [-0.4, -0.2) is 18.0 Å². The molecule has 2 aromatic rings. The van der Waals surface area contributed by atoms with Crippen LogP contribution in [-0.2, 0) is 0 Å². The quantitative estimate of drug-likeness (QED) is 0.719. The minimum atomic E-state index is -0.447. The van der Waals surface area contributed by atoms with Crippen LogP contribution in [0.5, 0.6) is 5.75 Å². The zero-order valence-electron chi connectivity index (χ0n) is 10.6.